The highest BCUT2D eigenvalue weighted by Gasteiger charge is 2.10. The first-order chi connectivity index (χ1) is 13.2. The molecule has 0 radical (unpaired) electrons. The van der Waals surface area contributed by atoms with Gasteiger partial charge >= 0.3 is 0 Å². The third kappa shape index (κ3) is 5.18. The molecule has 2 N–H and O–H groups in total. The Hall–Kier alpha value is -3.12. The van der Waals surface area contributed by atoms with Crippen LogP contribution in [0.3, 0.4) is 0 Å². The van der Waals surface area contributed by atoms with Crippen molar-refractivity contribution in [1.29, 1.82) is 0 Å². The van der Waals surface area contributed by atoms with Crippen LogP contribution in [0.25, 0.3) is 0 Å². The Morgan fingerprint density at radius 3 is 2.37 bits per heavy atom. The van der Waals surface area contributed by atoms with Crippen LogP contribution < -0.4 is 15.4 Å². The number of hydrogen-bond acceptors (Lipinski definition) is 5. The van der Waals surface area contributed by atoms with Gasteiger partial charge in [0.05, 0.1) is 17.7 Å². The fraction of sp³-hybridized carbons (Fsp3) is 0.150. The Bertz CT molecular complexity index is 899. The average molecular weight is 383 g/mol. The summed E-state index contributed by atoms with van der Waals surface area (Å²) in [5.74, 6) is 1.52. The van der Waals surface area contributed by atoms with Crippen LogP contribution in [0.2, 0.25) is 5.02 Å². The molecule has 2 aromatic carbocycles. The Morgan fingerprint density at radius 1 is 1.00 bits per heavy atom. The molecule has 0 fully saturated rings. The molecule has 1 amide bonds. The summed E-state index contributed by atoms with van der Waals surface area (Å²) in [7, 11) is 1.65. The summed E-state index contributed by atoms with van der Waals surface area (Å²) in [4.78, 5) is 12.2. The smallest absolute Gasteiger partial charge is 0.258 e. The maximum atomic E-state index is 12.2. The van der Waals surface area contributed by atoms with Crippen LogP contribution in [0.1, 0.15) is 15.9 Å². The number of amides is 1. The lowest BCUT2D eigenvalue weighted by atomic mass is 10.1. The molecule has 0 spiro atoms. The van der Waals surface area contributed by atoms with E-state index in [9.17, 15) is 4.79 Å². The van der Waals surface area contributed by atoms with Crippen LogP contribution in [0, 0.1) is 0 Å². The number of nitrogens with one attached hydrogen (secondary N) is 2. The van der Waals surface area contributed by atoms with Gasteiger partial charge in [0.2, 0.25) is 0 Å². The Kier molecular flexibility index (Phi) is 6.22. The minimum atomic E-state index is -0.324. The van der Waals surface area contributed by atoms with Gasteiger partial charge in [0, 0.05) is 6.54 Å². The summed E-state index contributed by atoms with van der Waals surface area (Å²) in [6.07, 6.45) is 0.844. The zero-order chi connectivity index (χ0) is 19.1. The molecule has 7 heteroatoms. The zero-order valence-electron chi connectivity index (χ0n) is 14.8. The van der Waals surface area contributed by atoms with Crippen LogP contribution in [0.5, 0.6) is 5.75 Å². The molecule has 1 heterocycles. The normalized spacial score (nSPS) is 10.3. The van der Waals surface area contributed by atoms with Crippen molar-refractivity contribution in [2.45, 2.75) is 6.42 Å². The summed E-state index contributed by atoms with van der Waals surface area (Å²) in [5.41, 5.74) is 1.59. The molecule has 138 valence electrons. The second kappa shape index (κ2) is 9.00. The molecule has 0 aliphatic rings. The van der Waals surface area contributed by atoms with Crippen molar-refractivity contribution in [3.8, 4) is 5.75 Å². The fourth-order valence-corrected chi connectivity index (χ4v) is 2.67. The number of halogens is 1. The minimum Gasteiger partial charge on any atom is -0.497 e. The van der Waals surface area contributed by atoms with Crippen molar-refractivity contribution < 1.29 is 9.53 Å². The standard InChI is InChI=1S/C20H19ClN4O2/c1-27-15-8-6-14(7-9-15)12-13-22-18-10-11-19(25-24-18)23-20(26)16-4-2-3-5-17(16)21/h2-11H,12-13H2,1H3,(H,22,24)(H,23,25,26). The summed E-state index contributed by atoms with van der Waals surface area (Å²) in [6.45, 7) is 0.715. The summed E-state index contributed by atoms with van der Waals surface area (Å²) in [6, 6.07) is 18.2. The number of aromatic nitrogens is 2. The van der Waals surface area contributed by atoms with Gasteiger partial charge in [-0.2, -0.15) is 0 Å². The number of carbonyl (C=O) groups excluding carboxylic acids is 1. The molecule has 0 saturated heterocycles. The van der Waals surface area contributed by atoms with Crippen LogP contribution in [-0.2, 0) is 6.42 Å². The van der Waals surface area contributed by atoms with E-state index >= 15 is 0 Å². The Labute approximate surface area is 162 Å². The van der Waals surface area contributed by atoms with Crippen molar-refractivity contribution in [2.24, 2.45) is 0 Å². The van der Waals surface area contributed by atoms with Crippen LogP contribution in [-0.4, -0.2) is 29.8 Å². The molecule has 0 saturated carbocycles. The number of nitrogens with zero attached hydrogens (tertiary/aromatic N) is 2. The number of methoxy groups -OCH3 is 1. The highest BCUT2D eigenvalue weighted by Crippen LogP contribution is 2.17. The molecule has 1 aromatic heterocycles. The lowest BCUT2D eigenvalue weighted by Gasteiger charge is -2.08. The number of anilines is 2. The topological polar surface area (TPSA) is 76.1 Å². The number of ether oxygens (including phenoxy) is 1. The predicted molar refractivity (Wildman–Crippen MR) is 107 cm³/mol. The van der Waals surface area contributed by atoms with E-state index in [1.165, 1.54) is 5.56 Å². The van der Waals surface area contributed by atoms with Crippen molar-refractivity contribution >= 4 is 29.1 Å². The number of hydrogen-bond donors (Lipinski definition) is 2. The molecule has 27 heavy (non-hydrogen) atoms. The van der Waals surface area contributed by atoms with Gasteiger partial charge in [-0.1, -0.05) is 35.9 Å². The van der Waals surface area contributed by atoms with E-state index in [1.807, 2.05) is 24.3 Å². The van der Waals surface area contributed by atoms with Crippen molar-refractivity contribution in [2.75, 3.05) is 24.3 Å². The van der Waals surface area contributed by atoms with Crippen molar-refractivity contribution in [1.82, 2.24) is 10.2 Å². The number of carbonyl (C=O) groups is 1. The summed E-state index contributed by atoms with van der Waals surface area (Å²) >= 11 is 6.02. The maximum Gasteiger partial charge on any atom is 0.258 e. The van der Waals surface area contributed by atoms with Crippen molar-refractivity contribution in [3.05, 3.63) is 76.8 Å². The number of benzene rings is 2. The quantitative estimate of drug-likeness (QED) is 0.644. The van der Waals surface area contributed by atoms with E-state index in [0.29, 0.717) is 28.8 Å². The number of rotatable bonds is 7. The van der Waals surface area contributed by atoms with E-state index < -0.39 is 0 Å². The lowest BCUT2D eigenvalue weighted by Crippen LogP contribution is -2.14. The van der Waals surface area contributed by atoms with Gasteiger partial charge < -0.3 is 15.4 Å². The average Bonchev–Trinajstić information content (AvgIpc) is 2.70. The molecule has 0 atom stereocenters. The third-order valence-corrected chi connectivity index (χ3v) is 4.23. The Balaban J connectivity index is 1.51. The molecule has 0 unspecified atom stereocenters. The summed E-state index contributed by atoms with van der Waals surface area (Å²) < 4.78 is 5.15. The SMILES string of the molecule is COc1ccc(CCNc2ccc(NC(=O)c3ccccc3Cl)nn2)cc1. The highest BCUT2D eigenvalue weighted by atomic mass is 35.5. The monoisotopic (exact) mass is 382 g/mol. The second-order valence-corrected chi connectivity index (χ2v) is 6.17. The summed E-state index contributed by atoms with van der Waals surface area (Å²) in [5, 5.41) is 14.4. The largest absolute Gasteiger partial charge is 0.497 e. The van der Waals surface area contributed by atoms with E-state index in [2.05, 4.69) is 20.8 Å². The second-order valence-electron chi connectivity index (χ2n) is 5.76. The zero-order valence-corrected chi connectivity index (χ0v) is 15.5. The van der Waals surface area contributed by atoms with Crippen LogP contribution in [0.4, 0.5) is 11.6 Å². The molecule has 3 aromatic rings. The first-order valence-electron chi connectivity index (χ1n) is 8.42. The van der Waals surface area contributed by atoms with Gasteiger partial charge in [-0.05, 0) is 48.4 Å². The third-order valence-electron chi connectivity index (χ3n) is 3.90. The van der Waals surface area contributed by atoms with Gasteiger partial charge in [0.25, 0.3) is 5.91 Å². The molecular weight excluding hydrogens is 364 g/mol. The predicted octanol–water partition coefficient (Wildman–Crippen LogP) is 4.05. The first kappa shape index (κ1) is 18.7. The molecule has 6 nitrogen and oxygen atoms in total. The molecule has 0 aliphatic heterocycles. The highest BCUT2D eigenvalue weighted by molar-refractivity contribution is 6.34. The minimum absolute atomic E-state index is 0.324. The van der Waals surface area contributed by atoms with Gasteiger partial charge in [-0.3, -0.25) is 4.79 Å². The van der Waals surface area contributed by atoms with Gasteiger partial charge in [0.1, 0.15) is 11.6 Å². The van der Waals surface area contributed by atoms with Crippen LogP contribution >= 0.6 is 11.6 Å². The molecule has 0 bridgehead atoms. The molecular formula is C20H19ClN4O2. The van der Waals surface area contributed by atoms with E-state index in [1.54, 1.807) is 43.5 Å². The fourth-order valence-electron chi connectivity index (χ4n) is 2.45. The van der Waals surface area contributed by atoms with E-state index in [0.717, 1.165) is 12.2 Å². The Morgan fingerprint density at radius 2 is 1.70 bits per heavy atom. The van der Waals surface area contributed by atoms with Gasteiger partial charge in [-0.15, -0.1) is 10.2 Å². The van der Waals surface area contributed by atoms with Crippen molar-refractivity contribution in [3.63, 3.8) is 0 Å². The van der Waals surface area contributed by atoms with Crippen LogP contribution in [0.15, 0.2) is 60.7 Å². The molecule has 3 rings (SSSR count). The lowest BCUT2D eigenvalue weighted by molar-refractivity contribution is 0.102. The van der Waals surface area contributed by atoms with Gasteiger partial charge in [-0.25, -0.2) is 0 Å². The molecule has 0 aliphatic carbocycles. The maximum absolute atomic E-state index is 12.2. The van der Waals surface area contributed by atoms with E-state index in [4.69, 9.17) is 16.3 Å². The first-order valence-corrected chi connectivity index (χ1v) is 8.80. The van der Waals surface area contributed by atoms with E-state index in [-0.39, 0.29) is 5.91 Å². The van der Waals surface area contributed by atoms with Gasteiger partial charge in [0.15, 0.2) is 5.82 Å².